The first kappa shape index (κ1) is 15.4. The molecule has 1 unspecified atom stereocenters. The molecule has 8 heteroatoms. The second-order valence-corrected chi connectivity index (χ2v) is 7.37. The van der Waals surface area contributed by atoms with Crippen molar-refractivity contribution >= 4 is 31.9 Å². The predicted octanol–water partition coefficient (Wildman–Crippen LogP) is 1.29. The molecule has 6 nitrogen and oxygen atoms in total. The van der Waals surface area contributed by atoms with E-state index in [4.69, 9.17) is 5.11 Å². The van der Waals surface area contributed by atoms with Gasteiger partial charge in [-0.3, -0.25) is 0 Å². The van der Waals surface area contributed by atoms with E-state index in [0.29, 0.717) is 19.4 Å². The average Bonchev–Trinajstić information content (AvgIpc) is 2.38. The third-order valence-corrected chi connectivity index (χ3v) is 6.00. The number of aromatic carboxylic acids is 1. The third-order valence-electron chi connectivity index (χ3n) is 3.16. The van der Waals surface area contributed by atoms with Crippen molar-refractivity contribution in [3.63, 3.8) is 0 Å². The van der Waals surface area contributed by atoms with Crippen LogP contribution in [0, 0.1) is 0 Å². The van der Waals surface area contributed by atoms with Crippen LogP contribution in [-0.2, 0) is 10.0 Å². The quantitative estimate of drug-likeness (QED) is 0.843. The molecule has 1 atom stereocenters. The van der Waals surface area contributed by atoms with Crippen LogP contribution in [0.25, 0.3) is 0 Å². The Labute approximate surface area is 125 Å². The summed E-state index contributed by atoms with van der Waals surface area (Å²) in [6.07, 6.45) is 0.534. The highest BCUT2D eigenvalue weighted by Crippen LogP contribution is 2.28. The highest BCUT2D eigenvalue weighted by atomic mass is 79.9. The number of sulfonamides is 1. The number of nitrogens with zero attached hydrogens (tertiary/aromatic N) is 1. The van der Waals surface area contributed by atoms with E-state index in [2.05, 4.69) is 15.9 Å². The zero-order chi connectivity index (χ0) is 14.9. The van der Waals surface area contributed by atoms with Gasteiger partial charge in [-0.25, -0.2) is 13.2 Å². The molecule has 110 valence electrons. The van der Waals surface area contributed by atoms with Gasteiger partial charge in [0.15, 0.2) is 0 Å². The first-order chi connectivity index (χ1) is 9.32. The number of carboxylic acids is 1. The Bertz CT molecular complexity index is 631. The molecule has 0 aliphatic carbocycles. The van der Waals surface area contributed by atoms with E-state index in [1.54, 1.807) is 0 Å². The predicted molar refractivity (Wildman–Crippen MR) is 75.1 cm³/mol. The van der Waals surface area contributed by atoms with Gasteiger partial charge in [0.25, 0.3) is 0 Å². The highest BCUT2D eigenvalue weighted by molar-refractivity contribution is 9.10. The van der Waals surface area contributed by atoms with E-state index in [1.165, 1.54) is 22.5 Å². The first-order valence-electron chi connectivity index (χ1n) is 6.03. The molecular formula is C12H14BrNO5S. The Hall–Kier alpha value is -0.960. The van der Waals surface area contributed by atoms with Gasteiger partial charge in [-0.1, -0.05) is 0 Å². The summed E-state index contributed by atoms with van der Waals surface area (Å²) in [5.41, 5.74) is 0.00880. The van der Waals surface area contributed by atoms with Gasteiger partial charge in [0.05, 0.1) is 16.6 Å². The maximum Gasteiger partial charge on any atom is 0.335 e. The minimum absolute atomic E-state index is 0.00880. The van der Waals surface area contributed by atoms with Crippen molar-refractivity contribution in [2.45, 2.75) is 23.8 Å². The van der Waals surface area contributed by atoms with E-state index < -0.39 is 22.1 Å². The van der Waals surface area contributed by atoms with Crippen molar-refractivity contribution in [1.82, 2.24) is 4.31 Å². The summed E-state index contributed by atoms with van der Waals surface area (Å²) in [6, 6.07) is 3.78. The Morgan fingerprint density at radius 2 is 2.10 bits per heavy atom. The maximum atomic E-state index is 12.5. The molecule has 1 aliphatic rings. The van der Waals surface area contributed by atoms with Gasteiger partial charge in [0, 0.05) is 17.6 Å². The van der Waals surface area contributed by atoms with Gasteiger partial charge in [0.2, 0.25) is 10.0 Å². The molecule has 1 saturated heterocycles. The summed E-state index contributed by atoms with van der Waals surface area (Å²) in [4.78, 5) is 10.9. The Morgan fingerprint density at radius 1 is 1.40 bits per heavy atom. The molecule has 2 N–H and O–H groups in total. The fourth-order valence-corrected chi connectivity index (χ4v) is 4.68. The standard InChI is InChI=1S/C12H14BrNO5S/c13-10-6-8(12(16)17)3-4-11(10)20(18,19)14-5-1-2-9(15)7-14/h3-4,6,9,15H,1-2,5,7H2,(H,16,17). The van der Waals surface area contributed by atoms with Crippen LogP contribution in [0.3, 0.4) is 0 Å². The van der Waals surface area contributed by atoms with Gasteiger partial charge >= 0.3 is 5.97 Å². The molecule has 0 radical (unpaired) electrons. The number of β-amino-alcohol motifs (C(OH)–C–C–N with tert-alkyl or cyclic N) is 1. The maximum absolute atomic E-state index is 12.5. The molecule has 0 bridgehead atoms. The fraction of sp³-hybridized carbons (Fsp3) is 0.417. The van der Waals surface area contributed by atoms with Crippen LogP contribution in [0.15, 0.2) is 27.6 Å². The molecule has 0 spiro atoms. The molecule has 1 aromatic carbocycles. The van der Waals surface area contributed by atoms with Crippen LogP contribution in [0.1, 0.15) is 23.2 Å². The number of rotatable bonds is 3. The van der Waals surface area contributed by atoms with Crippen LogP contribution < -0.4 is 0 Å². The summed E-state index contributed by atoms with van der Waals surface area (Å²) in [6.45, 7) is 0.419. The molecule has 0 aromatic heterocycles. The van der Waals surface area contributed by atoms with Crippen molar-refractivity contribution in [2.75, 3.05) is 13.1 Å². The van der Waals surface area contributed by atoms with Crippen LogP contribution in [0.4, 0.5) is 0 Å². The molecule has 0 amide bonds. The molecule has 20 heavy (non-hydrogen) atoms. The van der Waals surface area contributed by atoms with E-state index >= 15 is 0 Å². The van der Waals surface area contributed by atoms with E-state index in [1.807, 2.05) is 0 Å². The summed E-state index contributed by atoms with van der Waals surface area (Å²) >= 11 is 3.10. The summed E-state index contributed by atoms with van der Waals surface area (Å²) in [5.74, 6) is -1.12. The van der Waals surface area contributed by atoms with Gasteiger partial charge < -0.3 is 10.2 Å². The molecule has 1 fully saturated rings. The number of carboxylic acid groups (broad SMARTS) is 1. The Balaban J connectivity index is 2.36. The van der Waals surface area contributed by atoms with Crippen molar-refractivity contribution < 1.29 is 23.4 Å². The van der Waals surface area contributed by atoms with Crippen molar-refractivity contribution in [1.29, 1.82) is 0 Å². The zero-order valence-corrected chi connectivity index (χ0v) is 12.9. The van der Waals surface area contributed by atoms with Crippen molar-refractivity contribution in [3.8, 4) is 0 Å². The number of hydrogen-bond donors (Lipinski definition) is 2. The second-order valence-electron chi connectivity index (χ2n) is 4.61. The van der Waals surface area contributed by atoms with Gasteiger partial charge in [-0.2, -0.15) is 4.31 Å². The number of benzene rings is 1. The topological polar surface area (TPSA) is 94.9 Å². The fourth-order valence-electron chi connectivity index (χ4n) is 2.12. The van der Waals surface area contributed by atoms with Gasteiger partial charge in [-0.15, -0.1) is 0 Å². The third kappa shape index (κ3) is 3.03. The molecule has 2 rings (SSSR count). The molecule has 0 saturated carbocycles. The van der Waals surface area contributed by atoms with Crippen molar-refractivity contribution in [2.24, 2.45) is 0 Å². The number of carbonyl (C=O) groups is 1. The lowest BCUT2D eigenvalue weighted by Gasteiger charge is -2.29. The van der Waals surface area contributed by atoms with Crippen LogP contribution in [0.5, 0.6) is 0 Å². The normalized spacial score (nSPS) is 20.8. The van der Waals surface area contributed by atoms with Crippen LogP contribution >= 0.6 is 15.9 Å². The van der Waals surface area contributed by atoms with Crippen LogP contribution in [0.2, 0.25) is 0 Å². The second kappa shape index (κ2) is 5.80. The number of halogens is 1. The number of hydrogen-bond acceptors (Lipinski definition) is 4. The van der Waals surface area contributed by atoms with Crippen molar-refractivity contribution in [3.05, 3.63) is 28.2 Å². The summed E-state index contributed by atoms with van der Waals surface area (Å²) in [7, 11) is -3.73. The highest BCUT2D eigenvalue weighted by Gasteiger charge is 2.31. The number of aliphatic hydroxyl groups is 1. The Morgan fingerprint density at radius 3 is 2.65 bits per heavy atom. The lowest BCUT2D eigenvalue weighted by atomic mass is 10.1. The minimum atomic E-state index is -3.73. The lowest BCUT2D eigenvalue weighted by Crippen LogP contribution is -2.42. The molecule has 1 aromatic rings. The SMILES string of the molecule is O=C(O)c1ccc(S(=O)(=O)N2CCCC(O)C2)c(Br)c1. The van der Waals surface area contributed by atoms with Gasteiger partial charge in [0.1, 0.15) is 0 Å². The first-order valence-corrected chi connectivity index (χ1v) is 8.26. The number of aliphatic hydroxyl groups excluding tert-OH is 1. The smallest absolute Gasteiger partial charge is 0.335 e. The summed E-state index contributed by atoms with van der Waals surface area (Å²) < 4.78 is 26.4. The monoisotopic (exact) mass is 363 g/mol. The van der Waals surface area contributed by atoms with E-state index in [9.17, 15) is 18.3 Å². The average molecular weight is 364 g/mol. The zero-order valence-electron chi connectivity index (χ0n) is 10.5. The van der Waals surface area contributed by atoms with Gasteiger partial charge in [-0.05, 0) is 47.0 Å². The minimum Gasteiger partial charge on any atom is -0.478 e. The van der Waals surface area contributed by atoms with E-state index in [-0.39, 0.29) is 21.5 Å². The molecule has 1 aliphatic heterocycles. The molecule has 1 heterocycles. The van der Waals surface area contributed by atoms with E-state index in [0.717, 1.165) is 0 Å². The largest absolute Gasteiger partial charge is 0.478 e. The molecular weight excluding hydrogens is 350 g/mol. The lowest BCUT2D eigenvalue weighted by molar-refractivity contribution is 0.0696. The summed E-state index contributed by atoms with van der Waals surface area (Å²) in [5, 5.41) is 18.5. The Kier molecular flexibility index (Phi) is 4.48. The number of piperidine rings is 1. The van der Waals surface area contributed by atoms with Crippen LogP contribution in [-0.4, -0.2) is 48.1 Å².